The molecule has 1 unspecified atom stereocenters. The molecule has 0 aromatic heterocycles. The molecular formula is C14H19F3N3+. The number of amidine groups is 1. The fourth-order valence-electron chi connectivity index (χ4n) is 2.40. The molecule has 1 atom stereocenters. The zero-order chi connectivity index (χ0) is 14.8. The molecule has 1 aliphatic heterocycles. The van der Waals surface area contributed by atoms with Gasteiger partial charge >= 0.3 is 6.18 Å². The quantitative estimate of drug-likeness (QED) is 0.861. The minimum Gasteiger partial charge on any atom is -0.245 e. The number of hydrogen-bond acceptors (Lipinski definition) is 2. The summed E-state index contributed by atoms with van der Waals surface area (Å²) in [4.78, 5) is 1.89. The predicted molar refractivity (Wildman–Crippen MR) is 72.9 cm³/mol. The van der Waals surface area contributed by atoms with Crippen molar-refractivity contribution in [1.82, 2.24) is 5.32 Å². The molecule has 0 saturated carbocycles. The van der Waals surface area contributed by atoms with Gasteiger partial charge in [-0.3, -0.25) is 0 Å². The van der Waals surface area contributed by atoms with E-state index in [0.29, 0.717) is 18.9 Å². The third kappa shape index (κ3) is 2.95. The highest BCUT2D eigenvalue weighted by Crippen LogP contribution is 2.24. The largest absolute Gasteiger partial charge is 0.428 e. The summed E-state index contributed by atoms with van der Waals surface area (Å²) in [5, 5.41) is 3.03. The van der Waals surface area contributed by atoms with Crippen LogP contribution in [0.15, 0.2) is 30.3 Å². The summed E-state index contributed by atoms with van der Waals surface area (Å²) in [5.74, 6) is 0.694. The van der Waals surface area contributed by atoms with Crippen molar-refractivity contribution in [2.75, 3.05) is 18.2 Å². The highest BCUT2D eigenvalue weighted by Gasteiger charge is 2.44. The lowest BCUT2D eigenvalue weighted by atomic mass is 10.2. The topological polar surface area (TPSA) is 18.3 Å². The summed E-state index contributed by atoms with van der Waals surface area (Å²) in [7, 11) is 0. The fourth-order valence-corrected chi connectivity index (χ4v) is 2.40. The fraction of sp³-hybridized carbons (Fsp3) is 0.500. The van der Waals surface area contributed by atoms with E-state index in [1.54, 1.807) is 0 Å². The lowest BCUT2D eigenvalue weighted by Gasteiger charge is -2.30. The van der Waals surface area contributed by atoms with Gasteiger partial charge < -0.3 is 0 Å². The molecule has 0 radical (unpaired) electrons. The van der Waals surface area contributed by atoms with Crippen molar-refractivity contribution in [3.05, 3.63) is 30.3 Å². The van der Waals surface area contributed by atoms with Crippen LogP contribution in [0.1, 0.15) is 20.3 Å². The third-order valence-electron chi connectivity index (χ3n) is 3.52. The van der Waals surface area contributed by atoms with E-state index in [1.807, 2.05) is 42.2 Å². The molecule has 110 valence electrons. The summed E-state index contributed by atoms with van der Waals surface area (Å²) in [6.45, 7) is 3.82. The van der Waals surface area contributed by atoms with Crippen LogP contribution in [-0.4, -0.2) is 36.0 Å². The Morgan fingerprint density at radius 3 is 2.50 bits per heavy atom. The Bertz CT molecular complexity index is 482. The Kier molecular flexibility index (Phi) is 4.32. The summed E-state index contributed by atoms with van der Waals surface area (Å²) in [6.07, 6.45) is -3.68. The lowest BCUT2D eigenvalue weighted by molar-refractivity contribution is -0.604. The van der Waals surface area contributed by atoms with Gasteiger partial charge in [0.2, 0.25) is 0 Å². The predicted octanol–water partition coefficient (Wildman–Crippen LogP) is 2.78. The van der Waals surface area contributed by atoms with Crippen molar-refractivity contribution in [3.63, 3.8) is 0 Å². The van der Waals surface area contributed by atoms with Crippen LogP contribution in [0.25, 0.3) is 0 Å². The molecule has 0 saturated heterocycles. The van der Waals surface area contributed by atoms with Gasteiger partial charge in [-0.2, -0.15) is 13.2 Å². The van der Waals surface area contributed by atoms with Crippen molar-refractivity contribution >= 4 is 11.5 Å². The summed E-state index contributed by atoms with van der Waals surface area (Å²) >= 11 is 0. The summed E-state index contributed by atoms with van der Waals surface area (Å²) in [6, 6.07) is 7.96. The van der Waals surface area contributed by atoms with Gasteiger partial charge in [-0.15, -0.1) is 0 Å². The van der Waals surface area contributed by atoms with E-state index in [-0.39, 0.29) is 6.67 Å². The van der Waals surface area contributed by atoms with E-state index in [0.717, 1.165) is 5.69 Å². The van der Waals surface area contributed by atoms with Gasteiger partial charge in [-0.25, -0.2) is 14.8 Å². The Balaban J connectivity index is 2.40. The van der Waals surface area contributed by atoms with Crippen LogP contribution in [0.2, 0.25) is 0 Å². The van der Waals surface area contributed by atoms with Crippen molar-refractivity contribution in [3.8, 4) is 0 Å². The normalized spacial score (nSPS) is 18.4. The first kappa shape index (κ1) is 14.8. The van der Waals surface area contributed by atoms with Crippen molar-refractivity contribution in [1.29, 1.82) is 0 Å². The molecule has 1 aromatic rings. The first-order chi connectivity index (χ1) is 9.45. The summed E-state index contributed by atoms with van der Waals surface area (Å²) in [5.41, 5.74) is 0.899. The molecule has 2 rings (SSSR count). The van der Waals surface area contributed by atoms with Crippen LogP contribution in [-0.2, 0) is 0 Å². The number of hydrogen-bond donors (Lipinski definition) is 1. The van der Waals surface area contributed by atoms with Crippen LogP contribution < -0.4 is 10.2 Å². The maximum atomic E-state index is 13.0. The van der Waals surface area contributed by atoms with E-state index in [1.165, 1.54) is 11.5 Å². The molecule has 0 bridgehead atoms. The SMILES string of the molecule is CCC1=[N+](C(C)C(F)(F)F)CNCN1c1ccccc1. The Hall–Kier alpha value is -1.56. The minimum atomic E-state index is -4.23. The number of anilines is 1. The zero-order valence-corrected chi connectivity index (χ0v) is 11.6. The molecule has 20 heavy (non-hydrogen) atoms. The monoisotopic (exact) mass is 286 g/mol. The molecule has 0 aliphatic carbocycles. The average Bonchev–Trinajstić information content (AvgIpc) is 2.45. The molecule has 6 heteroatoms. The van der Waals surface area contributed by atoms with Gasteiger partial charge in [0.25, 0.3) is 5.84 Å². The minimum absolute atomic E-state index is 0.215. The maximum Gasteiger partial charge on any atom is 0.428 e. The van der Waals surface area contributed by atoms with E-state index in [9.17, 15) is 13.2 Å². The molecule has 0 spiro atoms. The van der Waals surface area contributed by atoms with Crippen LogP contribution in [0.3, 0.4) is 0 Å². The molecule has 1 heterocycles. The highest BCUT2D eigenvalue weighted by molar-refractivity contribution is 5.94. The number of benzene rings is 1. The molecular weight excluding hydrogens is 267 g/mol. The standard InChI is InChI=1S/C14H19F3N3/c1-3-13-19(11(2)14(15,16)17)9-18-10-20(13)12-7-5-4-6-8-12/h4-8,11,18H,3,9-10H2,1-2H3/q+1. The van der Waals surface area contributed by atoms with Crippen molar-refractivity contribution in [2.24, 2.45) is 0 Å². The number of para-hydroxylation sites is 1. The second-order valence-corrected chi connectivity index (χ2v) is 4.79. The number of nitrogens with one attached hydrogen (secondary N) is 1. The van der Waals surface area contributed by atoms with E-state index >= 15 is 0 Å². The van der Waals surface area contributed by atoms with Gasteiger partial charge in [0.15, 0.2) is 6.04 Å². The Morgan fingerprint density at radius 2 is 1.95 bits per heavy atom. The van der Waals surface area contributed by atoms with Crippen LogP contribution in [0.5, 0.6) is 0 Å². The van der Waals surface area contributed by atoms with E-state index in [4.69, 9.17) is 0 Å². The third-order valence-corrected chi connectivity index (χ3v) is 3.52. The Morgan fingerprint density at radius 1 is 1.30 bits per heavy atom. The maximum absolute atomic E-state index is 13.0. The molecule has 3 nitrogen and oxygen atoms in total. The smallest absolute Gasteiger partial charge is 0.245 e. The average molecular weight is 286 g/mol. The Labute approximate surface area is 116 Å². The van der Waals surface area contributed by atoms with Gasteiger partial charge in [0, 0.05) is 6.42 Å². The van der Waals surface area contributed by atoms with Crippen molar-refractivity contribution < 1.29 is 17.7 Å². The second kappa shape index (κ2) is 5.83. The molecule has 1 N–H and O–H groups in total. The lowest BCUT2D eigenvalue weighted by Crippen LogP contribution is -2.56. The zero-order valence-electron chi connectivity index (χ0n) is 11.6. The molecule has 0 fully saturated rings. The van der Waals surface area contributed by atoms with Gasteiger partial charge in [0.1, 0.15) is 19.0 Å². The van der Waals surface area contributed by atoms with Gasteiger partial charge in [0.05, 0.1) is 0 Å². The number of nitrogens with zero attached hydrogens (tertiary/aromatic N) is 2. The van der Waals surface area contributed by atoms with Crippen LogP contribution in [0.4, 0.5) is 18.9 Å². The van der Waals surface area contributed by atoms with Crippen LogP contribution in [0, 0.1) is 0 Å². The highest BCUT2D eigenvalue weighted by atomic mass is 19.4. The first-order valence-electron chi connectivity index (χ1n) is 6.67. The molecule has 1 aliphatic rings. The second-order valence-electron chi connectivity index (χ2n) is 4.79. The van der Waals surface area contributed by atoms with Gasteiger partial charge in [-0.1, -0.05) is 25.1 Å². The van der Waals surface area contributed by atoms with Gasteiger partial charge in [-0.05, 0) is 19.1 Å². The number of rotatable bonds is 3. The van der Waals surface area contributed by atoms with E-state index < -0.39 is 12.2 Å². The van der Waals surface area contributed by atoms with Crippen molar-refractivity contribution in [2.45, 2.75) is 32.5 Å². The van der Waals surface area contributed by atoms with Crippen LogP contribution >= 0.6 is 0 Å². The summed E-state index contributed by atoms with van der Waals surface area (Å²) < 4.78 is 40.3. The number of halogens is 3. The molecule has 0 amide bonds. The first-order valence-corrected chi connectivity index (χ1v) is 6.67. The number of alkyl halides is 3. The van der Waals surface area contributed by atoms with E-state index in [2.05, 4.69) is 5.32 Å². The molecule has 1 aromatic carbocycles.